The number of hydrogen-bond donors (Lipinski definition) is 1. The number of nitrogens with zero attached hydrogens (tertiary/aromatic N) is 6. The van der Waals surface area contributed by atoms with Crippen molar-refractivity contribution >= 4 is 16.9 Å². The van der Waals surface area contributed by atoms with Gasteiger partial charge in [0.2, 0.25) is 11.5 Å². The second-order valence-electron chi connectivity index (χ2n) is 6.59. The molecule has 3 aromatic heterocycles. The smallest absolute Gasteiger partial charge is 0.223 e. The van der Waals surface area contributed by atoms with Crippen molar-refractivity contribution in [2.45, 2.75) is 19.4 Å². The molecule has 0 saturated heterocycles. The van der Waals surface area contributed by atoms with Gasteiger partial charge < -0.3 is 15.0 Å². The molecule has 1 unspecified atom stereocenters. The lowest BCUT2D eigenvalue weighted by atomic mass is 10.1. The molecular formula is C20H19N7O. The first-order valence-electron chi connectivity index (χ1n) is 8.64. The van der Waals surface area contributed by atoms with E-state index < -0.39 is 5.60 Å². The van der Waals surface area contributed by atoms with Gasteiger partial charge in [0.1, 0.15) is 5.75 Å². The quantitative estimate of drug-likeness (QED) is 0.552. The Morgan fingerprint density at radius 2 is 2.04 bits per heavy atom. The maximum atomic E-state index is 6.19. The summed E-state index contributed by atoms with van der Waals surface area (Å²) < 4.78 is 9.75. The lowest BCUT2D eigenvalue weighted by molar-refractivity contribution is 0.138. The number of anilines is 1. The number of aromatic nitrogens is 6. The molecule has 1 aromatic carbocycles. The third-order valence-corrected chi connectivity index (χ3v) is 4.56. The fraction of sp³-hybridized carbons (Fsp3) is 0.200. The van der Waals surface area contributed by atoms with Crippen molar-refractivity contribution in [3.63, 3.8) is 0 Å². The SMILES string of the molecule is C#CC(C)(Oc1ccc2c(C)nn(-c3ccnc(N)n3)c2c1)c1nccn1C. The summed E-state index contributed by atoms with van der Waals surface area (Å²) in [6.07, 6.45) is 10.9. The normalized spacial score (nSPS) is 13.2. The molecule has 0 aliphatic carbocycles. The van der Waals surface area contributed by atoms with E-state index in [-0.39, 0.29) is 5.95 Å². The summed E-state index contributed by atoms with van der Waals surface area (Å²) in [4.78, 5) is 12.5. The van der Waals surface area contributed by atoms with Gasteiger partial charge in [0.25, 0.3) is 0 Å². The first-order valence-corrected chi connectivity index (χ1v) is 8.64. The molecule has 28 heavy (non-hydrogen) atoms. The van der Waals surface area contributed by atoms with E-state index in [2.05, 4.69) is 26.0 Å². The highest BCUT2D eigenvalue weighted by molar-refractivity contribution is 5.84. The minimum Gasteiger partial charge on any atom is -0.467 e. The van der Waals surface area contributed by atoms with Gasteiger partial charge in [0.05, 0.1) is 11.2 Å². The first-order chi connectivity index (χ1) is 13.4. The molecule has 0 amide bonds. The standard InChI is InChI=1S/C20H19N7O/c1-5-20(3,18-22-10-11-26(18)4)28-14-6-7-15-13(2)25-27(16(15)12-14)17-8-9-23-19(21)24-17/h1,6-12H,2-4H3,(H2,21,23,24). The van der Waals surface area contributed by atoms with E-state index in [9.17, 15) is 0 Å². The molecule has 0 saturated carbocycles. The van der Waals surface area contributed by atoms with Crippen molar-refractivity contribution < 1.29 is 4.74 Å². The lowest BCUT2D eigenvalue weighted by Gasteiger charge is -2.24. The molecule has 0 aliphatic heterocycles. The van der Waals surface area contributed by atoms with Gasteiger partial charge in [-0.05, 0) is 26.0 Å². The van der Waals surface area contributed by atoms with Crippen LogP contribution in [0.2, 0.25) is 0 Å². The number of rotatable bonds is 4. The monoisotopic (exact) mass is 373 g/mol. The summed E-state index contributed by atoms with van der Waals surface area (Å²) in [5.41, 5.74) is 6.39. The van der Waals surface area contributed by atoms with Crippen LogP contribution in [0.15, 0.2) is 42.9 Å². The summed E-state index contributed by atoms with van der Waals surface area (Å²) in [7, 11) is 1.88. The molecule has 1 atom stereocenters. The number of nitrogens with two attached hydrogens (primary N) is 1. The zero-order chi connectivity index (χ0) is 19.9. The van der Waals surface area contributed by atoms with Crippen molar-refractivity contribution in [1.82, 2.24) is 29.3 Å². The summed E-state index contributed by atoms with van der Waals surface area (Å²) >= 11 is 0. The maximum Gasteiger partial charge on any atom is 0.223 e. The molecule has 2 N–H and O–H groups in total. The largest absolute Gasteiger partial charge is 0.467 e. The van der Waals surface area contributed by atoms with Gasteiger partial charge in [-0.2, -0.15) is 10.1 Å². The van der Waals surface area contributed by atoms with Crippen molar-refractivity contribution in [3.05, 3.63) is 54.4 Å². The number of ether oxygens (including phenoxy) is 1. The van der Waals surface area contributed by atoms with E-state index in [0.29, 0.717) is 17.4 Å². The Labute approximate surface area is 162 Å². The molecule has 4 aromatic rings. The number of terminal acetylenes is 1. The zero-order valence-corrected chi connectivity index (χ0v) is 15.8. The highest BCUT2D eigenvalue weighted by Crippen LogP contribution is 2.30. The van der Waals surface area contributed by atoms with Gasteiger partial charge in [0.15, 0.2) is 11.6 Å². The highest BCUT2D eigenvalue weighted by atomic mass is 16.5. The van der Waals surface area contributed by atoms with Crippen LogP contribution in [0, 0.1) is 19.3 Å². The number of benzene rings is 1. The molecular weight excluding hydrogens is 354 g/mol. The molecule has 4 rings (SSSR count). The molecule has 0 bridgehead atoms. The van der Waals surface area contributed by atoms with Gasteiger partial charge in [-0.15, -0.1) is 6.42 Å². The zero-order valence-electron chi connectivity index (χ0n) is 15.8. The van der Waals surface area contributed by atoms with Gasteiger partial charge >= 0.3 is 0 Å². The van der Waals surface area contributed by atoms with Crippen LogP contribution in [0.25, 0.3) is 16.7 Å². The van der Waals surface area contributed by atoms with E-state index >= 15 is 0 Å². The van der Waals surface area contributed by atoms with Crippen LogP contribution in [0.4, 0.5) is 5.95 Å². The van der Waals surface area contributed by atoms with Crippen molar-refractivity contribution in [2.75, 3.05) is 5.73 Å². The molecule has 140 valence electrons. The van der Waals surface area contributed by atoms with Crippen LogP contribution in [0.1, 0.15) is 18.4 Å². The highest BCUT2D eigenvalue weighted by Gasteiger charge is 2.31. The van der Waals surface area contributed by atoms with E-state index in [4.69, 9.17) is 16.9 Å². The Kier molecular flexibility index (Phi) is 4.00. The molecule has 8 heteroatoms. The maximum absolute atomic E-state index is 6.19. The van der Waals surface area contributed by atoms with E-state index in [0.717, 1.165) is 16.6 Å². The first kappa shape index (κ1) is 17.5. The average Bonchev–Trinajstić information content (AvgIpc) is 3.25. The molecule has 8 nitrogen and oxygen atoms in total. The topological polar surface area (TPSA) is 96.7 Å². The van der Waals surface area contributed by atoms with Crippen molar-refractivity contribution in [3.8, 4) is 23.9 Å². The van der Waals surface area contributed by atoms with Crippen molar-refractivity contribution in [1.29, 1.82) is 0 Å². The number of imidazole rings is 1. The van der Waals surface area contributed by atoms with Crippen LogP contribution < -0.4 is 10.5 Å². The molecule has 0 radical (unpaired) electrons. The van der Waals surface area contributed by atoms with Crippen LogP contribution in [0.5, 0.6) is 5.75 Å². The second kappa shape index (κ2) is 6.39. The predicted octanol–water partition coefficient (Wildman–Crippen LogP) is 2.37. The van der Waals surface area contributed by atoms with Crippen LogP contribution in [-0.4, -0.2) is 29.3 Å². The predicted molar refractivity (Wildman–Crippen MR) is 106 cm³/mol. The molecule has 3 heterocycles. The summed E-state index contributed by atoms with van der Waals surface area (Å²) in [5.74, 6) is 4.71. The minimum atomic E-state index is -1.02. The Morgan fingerprint density at radius 3 is 2.71 bits per heavy atom. The Hall–Kier alpha value is -3.86. The average molecular weight is 373 g/mol. The minimum absolute atomic E-state index is 0.181. The summed E-state index contributed by atoms with van der Waals surface area (Å²) in [6, 6.07) is 7.44. The van der Waals surface area contributed by atoms with Crippen LogP contribution in [-0.2, 0) is 12.6 Å². The Balaban J connectivity index is 1.81. The second-order valence-corrected chi connectivity index (χ2v) is 6.59. The van der Waals surface area contributed by atoms with Gasteiger partial charge in [-0.1, -0.05) is 5.92 Å². The summed E-state index contributed by atoms with van der Waals surface area (Å²) in [5, 5.41) is 5.56. The number of hydrogen-bond acceptors (Lipinski definition) is 6. The molecule has 0 aliphatic rings. The lowest BCUT2D eigenvalue weighted by Crippen LogP contribution is -2.30. The fourth-order valence-electron chi connectivity index (χ4n) is 3.17. The fourth-order valence-corrected chi connectivity index (χ4v) is 3.17. The van der Waals surface area contributed by atoms with Crippen molar-refractivity contribution in [2.24, 2.45) is 7.05 Å². The van der Waals surface area contributed by atoms with Crippen LogP contribution >= 0.6 is 0 Å². The number of fused-ring (bicyclic) bond motifs is 1. The Bertz CT molecular complexity index is 1220. The van der Waals surface area contributed by atoms with E-state index in [1.165, 1.54) is 0 Å². The van der Waals surface area contributed by atoms with Gasteiger partial charge in [-0.25, -0.2) is 14.6 Å². The van der Waals surface area contributed by atoms with E-state index in [1.54, 1.807) is 23.1 Å². The van der Waals surface area contributed by atoms with Gasteiger partial charge in [-0.3, -0.25) is 0 Å². The van der Waals surface area contributed by atoms with Crippen LogP contribution in [0.3, 0.4) is 0 Å². The number of aryl methyl sites for hydroxylation is 2. The van der Waals surface area contributed by atoms with Gasteiger partial charge in [0, 0.05) is 43.2 Å². The molecule has 0 fully saturated rings. The molecule has 0 spiro atoms. The van der Waals surface area contributed by atoms with E-state index in [1.807, 2.05) is 49.9 Å². The Morgan fingerprint density at radius 1 is 1.21 bits per heavy atom. The third-order valence-electron chi connectivity index (χ3n) is 4.56. The summed E-state index contributed by atoms with van der Waals surface area (Å²) in [6.45, 7) is 3.75. The number of nitrogen functional groups attached to an aromatic ring is 1. The third kappa shape index (κ3) is 2.83.